The number of carbonyl (C=O) groups excluding carboxylic acids is 1. The third-order valence-electron chi connectivity index (χ3n) is 4.25. The van der Waals surface area contributed by atoms with Gasteiger partial charge >= 0.3 is 5.97 Å². The molecule has 1 saturated heterocycles. The van der Waals surface area contributed by atoms with Gasteiger partial charge in [-0.3, -0.25) is 9.59 Å². The monoisotopic (exact) mass is 305 g/mol. The molecule has 1 N–H and O–H groups in total. The van der Waals surface area contributed by atoms with Crippen molar-refractivity contribution in [2.24, 2.45) is 5.92 Å². The molecule has 1 aromatic carbocycles. The Balaban J connectivity index is 1.89. The highest BCUT2D eigenvalue weighted by molar-refractivity contribution is 5.99. The SMILES string of the molecule is COc1ccc(C)cc1C(=O)CCN1CCC(C(=O)O)CC1. The summed E-state index contributed by atoms with van der Waals surface area (Å²) in [5.41, 5.74) is 1.66. The van der Waals surface area contributed by atoms with Crippen molar-refractivity contribution in [3.8, 4) is 5.75 Å². The van der Waals surface area contributed by atoms with Crippen LogP contribution in [0.2, 0.25) is 0 Å². The average molecular weight is 305 g/mol. The highest BCUT2D eigenvalue weighted by Crippen LogP contribution is 2.22. The highest BCUT2D eigenvalue weighted by Gasteiger charge is 2.24. The first kappa shape index (κ1) is 16.5. The van der Waals surface area contributed by atoms with E-state index in [9.17, 15) is 9.59 Å². The second kappa shape index (κ2) is 7.40. The molecule has 2 rings (SSSR count). The van der Waals surface area contributed by atoms with Crippen LogP contribution in [0.4, 0.5) is 0 Å². The molecular formula is C17H23NO4. The Kier molecular flexibility index (Phi) is 5.55. The van der Waals surface area contributed by atoms with Crippen LogP contribution in [0.3, 0.4) is 0 Å². The molecule has 1 aliphatic rings. The second-order valence-electron chi connectivity index (χ2n) is 5.83. The molecule has 0 unspecified atom stereocenters. The lowest BCUT2D eigenvalue weighted by atomic mass is 9.96. The minimum absolute atomic E-state index is 0.0703. The number of aryl methyl sites for hydroxylation is 1. The zero-order chi connectivity index (χ0) is 16.1. The molecule has 0 aromatic heterocycles. The molecule has 0 saturated carbocycles. The minimum atomic E-state index is -0.708. The standard InChI is InChI=1S/C17H23NO4/c1-12-3-4-16(22-2)14(11-12)15(19)7-10-18-8-5-13(6-9-18)17(20)21/h3-4,11,13H,5-10H2,1-2H3,(H,20,21). The summed E-state index contributed by atoms with van der Waals surface area (Å²) in [5.74, 6) is -0.259. The van der Waals surface area contributed by atoms with E-state index < -0.39 is 5.97 Å². The summed E-state index contributed by atoms with van der Waals surface area (Å²) >= 11 is 0. The van der Waals surface area contributed by atoms with Crippen molar-refractivity contribution in [1.29, 1.82) is 0 Å². The summed E-state index contributed by atoms with van der Waals surface area (Å²) in [7, 11) is 1.57. The van der Waals surface area contributed by atoms with Gasteiger partial charge in [0.1, 0.15) is 5.75 Å². The Labute approximate surface area is 130 Å². The Morgan fingerprint density at radius 1 is 1.32 bits per heavy atom. The quantitative estimate of drug-likeness (QED) is 0.817. The number of ketones is 1. The molecule has 0 aliphatic carbocycles. The van der Waals surface area contributed by atoms with E-state index in [0.29, 0.717) is 37.1 Å². The van der Waals surface area contributed by atoms with Gasteiger partial charge in [0.15, 0.2) is 5.78 Å². The van der Waals surface area contributed by atoms with E-state index in [0.717, 1.165) is 18.7 Å². The van der Waals surface area contributed by atoms with Crippen molar-refractivity contribution in [3.63, 3.8) is 0 Å². The Bertz CT molecular complexity index is 548. The summed E-state index contributed by atoms with van der Waals surface area (Å²) < 4.78 is 5.25. The highest BCUT2D eigenvalue weighted by atomic mass is 16.5. The number of carboxylic acids is 1. The van der Waals surface area contributed by atoms with Gasteiger partial charge < -0.3 is 14.7 Å². The number of methoxy groups -OCH3 is 1. The lowest BCUT2D eigenvalue weighted by Crippen LogP contribution is -2.37. The number of benzene rings is 1. The Morgan fingerprint density at radius 3 is 2.59 bits per heavy atom. The van der Waals surface area contributed by atoms with Crippen LogP contribution in [0.1, 0.15) is 35.2 Å². The predicted molar refractivity (Wildman–Crippen MR) is 83.5 cm³/mol. The van der Waals surface area contributed by atoms with Gasteiger partial charge in [-0.1, -0.05) is 11.6 Å². The third kappa shape index (κ3) is 4.07. The first-order valence-electron chi connectivity index (χ1n) is 7.64. The number of hydrogen-bond donors (Lipinski definition) is 1. The van der Waals surface area contributed by atoms with Gasteiger partial charge in [-0.05, 0) is 45.0 Å². The second-order valence-corrected chi connectivity index (χ2v) is 5.83. The maximum atomic E-state index is 12.4. The lowest BCUT2D eigenvalue weighted by Gasteiger charge is -2.29. The molecule has 0 atom stereocenters. The molecule has 22 heavy (non-hydrogen) atoms. The molecule has 0 radical (unpaired) electrons. The molecule has 5 nitrogen and oxygen atoms in total. The van der Waals surface area contributed by atoms with E-state index in [1.54, 1.807) is 7.11 Å². The summed E-state index contributed by atoms with van der Waals surface area (Å²) in [5, 5.41) is 8.99. The van der Waals surface area contributed by atoms with Crippen molar-refractivity contribution < 1.29 is 19.4 Å². The van der Waals surface area contributed by atoms with E-state index >= 15 is 0 Å². The number of likely N-dealkylation sites (tertiary alicyclic amines) is 1. The first-order valence-corrected chi connectivity index (χ1v) is 7.64. The lowest BCUT2D eigenvalue weighted by molar-refractivity contribution is -0.143. The number of ether oxygens (including phenoxy) is 1. The fraction of sp³-hybridized carbons (Fsp3) is 0.529. The normalized spacial score (nSPS) is 16.5. The molecule has 0 spiro atoms. The number of carboxylic acid groups (broad SMARTS) is 1. The van der Waals surface area contributed by atoms with Gasteiger partial charge in [-0.25, -0.2) is 0 Å². The van der Waals surface area contributed by atoms with Crippen LogP contribution in [0, 0.1) is 12.8 Å². The van der Waals surface area contributed by atoms with Crippen molar-refractivity contribution in [2.75, 3.05) is 26.7 Å². The largest absolute Gasteiger partial charge is 0.496 e. The summed E-state index contributed by atoms with van der Waals surface area (Å²) in [6.07, 6.45) is 1.76. The molecule has 1 aromatic rings. The van der Waals surface area contributed by atoms with Crippen LogP contribution in [0.25, 0.3) is 0 Å². The number of aliphatic carboxylic acids is 1. The first-order chi connectivity index (χ1) is 10.5. The van der Waals surface area contributed by atoms with E-state index in [-0.39, 0.29) is 11.7 Å². The molecule has 1 heterocycles. The van der Waals surface area contributed by atoms with Crippen LogP contribution >= 0.6 is 0 Å². The fourth-order valence-electron chi connectivity index (χ4n) is 2.84. The Morgan fingerprint density at radius 2 is 2.00 bits per heavy atom. The van der Waals surface area contributed by atoms with E-state index in [1.807, 2.05) is 25.1 Å². The molecule has 1 fully saturated rings. The molecular weight excluding hydrogens is 282 g/mol. The van der Waals surface area contributed by atoms with Crippen LogP contribution in [-0.2, 0) is 4.79 Å². The van der Waals surface area contributed by atoms with Gasteiger partial charge in [-0.2, -0.15) is 0 Å². The van der Waals surface area contributed by atoms with Crippen LogP contribution in [0.5, 0.6) is 5.75 Å². The zero-order valence-corrected chi connectivity index (χ0v) is 13.2. The smallest absolute Gasteiger partial charge is 0.306 e. The third-order valence-corrected chi connectivity index (χ3v) is 4.25. The van der Waals surface area contributed by atoms with Gasteiger partial charge in [0.25, 0.3) is 0 Å². The number of nitrogens with zero attached hydrogens (tertiary/aromatic N) is 1. The van der Waals surface area contributed by atoms with Crippen LogP contribution in [0.15, 0.2) is 18.2 Å². The van der Waals surface area contributed by atoms with Gasteiger partial charge in [-0.15, -0.1) is 0 Å². The maximum Gasteiger partial charge on any atom is 0.306 e. The van der Waals surface area contributed by atoms with Gasteiger partial charge in [0.05, 0.1) is 18.6 Å². The van der Waals surface area contributed by atoms with E-state index in [1.165, 1.54) is 0 Å². The van der Waals surface area contributed by atoms with Crippen molar-refractivity contribution >= 4 is 11.8 Å². The topological polar surface area (TPSA) is 66.8 Å². The fourth-order valence-corrected chi connectivity index (χ4v) is 2.84. The zero-order valence-electron chi connectivity index (χ0n) is 13.2. The number of hydrogen-bond acceptors (Lipinski definition) is 4. The summed E-state index contributed by atoms with van der Waals surface area (Å²) in [6.45, 7) is 4.11. The number of Topliss-reactive ketones (excluding diaryl/α,β-unsaturated/α-hetero) is 1. The maximum absolute atomic E-state index is 12.4. The van der Waals surface area contributed by atoms with Crippen molar-refractivity contribution in [3.05, 3.63) is 29.3 Å². The average Bonchev–Trinajstić information content (AvgIpc) is 2.53. The molecule has 1 aliphatic heterocycles. The summed E-state index contributed by atoms with van der Waals surface area (Å²) in [6, 6.07) is 5.60. The molecule has 5 heteroatoms. The van der Waals surface area contributed by atoms with E-state index in [4.69, 9.17) is 9.84 Å². The van der Waals surface area contributed by atoms with Gasteiger partial charge in [0.2, 0.25) is 0 Å². The number of piperidine rings is 1. The molecule has 0 bridgehead atoms. The Hall–Kier alpha value is -1.88. The molecule has 120 valence electrons. The number of carbonyl (C=O) groups is 2. The predicted octanol–water partition coefficient (Wildman–Crippen LogP) is 2.37. The van der Waals surface area contributed by atoms with Crippen molar-refractivity contribution in [2.45, 2.75) is 26.2 Å². The van der Waals surface area contributed by atoms with Gasteiger partial charge in [0, 0.05) is 13.0 Å². The number of rotatable bonds is 6. The minimum Gasteiger partial charge on any atom is -0.496 e. The molecule has 0 amide bonds. The van der Waals surface area contributed by atoms with Crippen LogP contribution in [-0.4, -0.2) is 48.5 Å². The van der Waals surface area contributed by atoms with Crippen molar-refractivity contribution in [1.82, 2.24) is 4.90 Å². The van der Waals surface area contributed by atoms with Crippen LogP contribution < -0.4 is 4.74 Å². The summed E-state index contributed by atoms with van der Waals surface area (Å²) in [4.78, 5) is 25.5. The van der Waals surface area contributed by atoms with E-state index in [2.05, 4.69) is 4.90 Å².